The Labute approximate surface area is 122 Å². The molecule has 9 nitrogen and oxygen atoms in total. The summed E-state index contributed by atoms with van der Waals surface area (Å²) in [7, 11) is 0. The summed E-state index contributed by atoms with van der Waals surface area (Å²) in [6.07, 6.45) is -2.38. The van der Waals surface area contributed by atoms with Gasteiger partial charge in [-0.1, -0.05) is 0 Å². The van der Waals surface area contributed by atoms with Gasteiger partial charge in [-0.15, -0.1) is 0 Å². The van der Waals surface area contributed by atoms with Crippen molar-refractivity contribution in [1.29, 1.82) is 0 Å². The number of nitro benzene ring substituents is 1. The lowest BCUT2D eigenvalue weighted by atomic mass is 10.2. The lowest BCUT2D eigenvalue weighted by Crippen LogP contribution is -2.39. The number of ether oxygens (including phenoxy) is 1. The van der Waals surface area contributed by atoms with E-state index in [0.717, 1.165) is 12.1 Å². The Bertz CT molecular complexity index is 614. The molecule has 0 aromatic heterocycles. The van der Waals surface area contributed by atoms with Gasteiger partial charge in [0, 0.05) is 12.5 Å². The molecule has 1 aromatic rings. The molecule has 1 amide bonds. The second-order valence-corrected chi connectivity index (χ2v) is 4.67. The Balaban J connectivity index is 2.16. The SMILES string of the molecule is O=C(O)C1C[C@@H](Oc2cc(F)cc([N+](=O)[O-])c2)CN1C(=O)O. The van der Waals surface area contributed by atoms with E-state index in [9.17, 15) is 24.1 Å². The highest BCUT2D eigenvalue weighted by Gasteiger charge is 2.41. The molecule has 1 fully saturated rings. The fraction of sp³-hybridized carbons (Fsp3) is 0.333. The number of nitrogens with zero attached hydrogens (tertiary/aromatic N) is 2. The fourth-order valence-corrected chi connectivity index (χ4v) is 2.24. The molecule has 1 aromatic carbocycles. The largest absolute Gasteiger partial charge is 0.488 e. The predicted molar refractivity (Wildman–Crippen MR) is 68.2 cm³/mol. The number of rotatable bonds is 4. The predicted octanol–water partition coefficient (Wildman–Crippen LogP) is 1.32. The lowest BCUT2D eigenvalue weighted by molar-refractivity contribution is -0.385. The van der Waals surface area contributed by atoms with Crippen molar-refractivity contribution < 1.29 is 33.9 Å². The highest BCUT2D eigenvalue weighted by molar-refractivity contribution is 5.80. The average Bonchev–Trinajstić information content (AvgIpc) is 2.82. The average molecular weight is 314 g/mol. The molecule has 1 aliphatic rings. The molecule has 22 heavy (non-hydrogen) atoms. The van der Waals surface area contributed by atoms with Gasteiger partial charge in [0.05, 0.1) is 23.6 Å². The van der Waals surface area contributed by atoms with Gasteiger partial charge in [0.1, 0.15) is 23.7 Å². The summed E-state index contributed by atoms with van der Waals surface area (Å²) in [5.74, 6) is -2.36. The number of likely N-dealkylation sites (tertiary alicyclic amines) is 1. The van der Waals surface area contributed by atoms with Gasteiger partial charge in [0.15, 0.2) is 0 Å². The number of carbonyl (C=O) groups is 2. The van der Waals surface area contributed by atoms with Crippen molar-refractivity contribution in [3.8, 4) is 5.75 Å². The molecule has 0 saturated carbocycles. The van der Waals surface area contributed by atoms with Crippen LogP contribution in [0.15, 0.2) is 18.2 Å². The molecule has 2 atom stereocenters. The zero-order valence-corrected chi connectivity index (χ0v) is 11.0. The highest BCUT2D eigenvalue weighted by Crippen LogP contribution is 2.27. The van der Waals surface area contributed by atoms with Gasteiger partial charge in [0.25, 0.3) is 5.69 Å². The number of carboxylic acid groups (broad SMARTS) is 2. The second-order valence-electron chi connectivity index (χ2n) is 4.67. The van der Waals surface area contributed by atoms with Crippen LogP contribution in [0.2, 0.25) is 0 Å². The number of benzene rings is 1. The number of carboxylic acids is 1. The first-order valence-corrected chi connectivity index (χ1v) is 6.12. The molecule has 2 rings (SSSR count). The van der Waals surface area contributed by atoms with E-state index in [1.54, 1.807) is 0 Å². The molecule has 118 valence electrons. The van der Waals surface area contributed by atoms with Gasteiger partial charge in [-0.3, -0.25) is 15.0 Å². The Kier molecular flexibility index (Phi) is 4.11. The summed E-state index contributed by atoms with van der Waals surface area (Å²) in [6.45, 7) is -0.226. The minimum atomic E-state index is -1.41. The van der Waals surface area contributed by atoms with E-state index >= 15 is 0 Å². The fourth-order valence-electron chi connectivity index (χ4n) is 2.24. The third kappa shape index (κ3) is 3.22. The van der Waals surface area contributed by atoms with Crippen LogP contribution in [0, 0.1) is 15.9 Å². The summed E-state index contributed by atoms with van der Waals surface area (Å²) in [5.41, 5.74) is -0.516. The van der Waals surface area contributed by atoms with Gasteiger partial charge in [-0.25, -0.2) is 14.0 Å². The summed E-state index contributed by atoms with van der Waals surface area (Å²) >= 11 is 0. The van der Waals surface area contributed by atoms with E-state index in [1.165, 1.54) is 0 Å². The summed E-state index contributed by atoms with van der Waals surface area (Å²) in [5, 5.41) is 28.5. The standard InChI is InChI=1S/C12H11FN2O7/c13-6-1-7(15(20)21)3-8(2-6)22-9-4-10(11(16)17)14(5-9)12(18)19/h1-3,9-10H,4-5H2,(H,16,17)(H,18,19)/t9-,10?/m1/s1. The minimum Gasteiger partial charge on any atom is -0.488 e. The molecule has 10 heteroatoms. The van der Waals surface area contributed by atoms with E-state index < -0.39 is 40.6 Å². The normalized spacial score (nSPS) is 20.7. The highest BCUT2D eigenvalue weighted by atomic mass is 19.1. The van der Waals surface area contributed by atoms with Crippen molar-refractivity contribution in [2.75, 3.05) is 6.54 Å². The van der Waals surface area contributed by atoms with Gasteiger partial charge in [0.2, 0.25) is 0 Å². The molecule has 1 saturated heterocycles. The van der Waals surface area contributed by atoms with Crippen LogP contribution in [0.4, 0.5) is 14.9 Å². The summed E-state index contributed by atoms with van der Waals surface area (Å²) in [6, 6.07) is 1.34. The van der Waals surface area contributed by atoms with Crippen molar-refractivity contribution in [3.63, 3.8) is 0 Å². The Morgan fingerprint density at radius 3 is 2.55 bits per heavy atom. The molecule has 0 bridgehead atoms. The molecular formula is C12H11FN2O7. The van der Waals surface area contributed by atoms with E-state index in [1.807, 2.05) is 0 Å². The van der Waals surface area contributed by atoms with E-state index in [2.05, 4.69) is 0 Å². The topological polar surface area (TPSA) is 130 Å². The summed E-state index contributed by atoms with van der Waals surface area (Å²) < 4.78 is 18.6. The number of amides is 1. The zero-order valence-electron chi connectivity index (χ0n) is 11.0. The minimum absolute atomic E-state index is 0.133. The number of non-ortho nitro benzene ring substituents is 1. The molecule has 0 radical (unpaired) electrons. The van der Waals surface area contributed by atoms with Crippen molar-refractivity contribution in [2.24, 2.45) is 0 Å². The molecule has 2 N–H and O–H groups in total. The lowest BCUT2D eigenvalue weighted by Gasteiger charge is -2.16. The van der Waals surface area contributed by atoms with Crippen LogP contribution < -0.4 is 4.74 Å². The molecular weight excluding hydrogens is 303 g/mol. The van der Waals surface area contributed by atoms with Crippen LogP contribution in [0.25, 0.3) is 0 Å². The maximum atomic E-state index is 13.3. The van der Waals surface area contributed by atoms with Crippen molar-refractivity contribution in [2.45, 2.75) is 18.6 Å². The van der Waals surface area contributed by atoms with Crippen LogP contribution in [-0.4, -0.2) is 50.8 Å². The molecule has 1 unspecified atom stereocenters. The first kappa shape index (κ1) is 15.5. The third-order valence-electron chi connectivity index (χ3n) is 3.16. The Hall–Kier alpha value is -2.91. The van der Waals surface area contributed by atoms with Crippen molar-refractivity contribution in [1.82, 2.24) is 4.90 Å². The molecule has 0 spiro atoms. The van der Waals surface area contributed by atoms with Crippen LogP contribution in [0.3, 0.4) is 0 Å². The van der Waals surface area contributed by atoms with E-state index in [0.29, 0.717) is 11.0 Å². The van der Waals surface area contributed by atoms with E-state index in [-0.39, 0.29) is 18.7 Å². The maximum absolute atomic E-state index is 13.3. The molecule has 0 aliphatic carbocycles. The third-order valence-corrected chi connectivity index (χ3v) is 3.16. The van der Waals surface area contributed by atoms with E-state index in [4.69, 9.17) is 14.9 Å². The number of aliphatic carboxylic acids is 1. The van der Waals surface area contributed by atoms with Crippen LogP contribution in [0.5, 0.6) is 5.75 Å². The van der Waals surface area contributed by atoms with Crippen LogP contribution >= 0.6 is 0 Å². The number of halogens is 1. The number of hydrogen-bond donors (Lipinski definition) is 2. The monoisotopic (exact) mass is 314 g/mol. The summed E-state index contributed by atoms with van der Waals surface area (Å²) in [4.78, 5) is 32.5. The zero-order chi connectivity index (χ0) is 16.4. The van der Waals surface area contributed by atoms with Gasteiger partial charge in [-0.2, -0.15) is 0 Å². The number of hydrogen-bond acceptors (Lipinski definition) is 5. The van der Waals surface area contributed by atoms with Gasteiger partial charge >= 0.3 is 12.1 Å². The quantitative estimate of drug-likeness (QED) is 0.633. The van der Waals surface area contributed by atoms with Gasteiger partial charge in [-0.05, 0) is 0 Å². The van der Waals surface area contributed by atoms with Crippen molar-refractivity contribution in [3.05, 3.63) is 34.1 Å². The first-order valence-electron chi connectivity index (χ1n) is 6.12. The van der Waals surface area contributed by atoms with Crippen LogP contribution in [0.1, 0.15) is 6.42 Å². The number of nitro groups is 1. The molecule has 1 aliphatic heterocycles. The second kappa shape index (κ2) is 5.84. The van der Waals surface area contributed by atoms with Crippen molar-refractivity contribution >= 4 is 17.7 Å². The first-order chi connectivity index (χ1) is 10.3. The molecule has 1 heterocycles. The Morgan fingerprint density at radius 2 is 2.05 bits per heavy atom. The Morgan fingerprint density at radius 1 is 1.36 bits per heavy atom. The van der Waals surface area contributed by atoms with Crippen LogP contribution in [-0.2, 0) is 4.79 Å². The smallest absolute Gasteiger partial charge is 0.408 e. The van der Waals surface area contributed by atoms with Gasteiger partial charge < -0.3 is 14.9 Å². The maximum Gasteiger partial charge on any atom is 0.408 e.